The number of hydrogen-bond donors (Lipinski definition) is 2. The molecule has 0 aliphatic carbocycles. The smallest absolute Gasteiger partial charge is 0.255 e. The molecule has 90 valence electrons. The monoisotopic (exact) mass is 260 g/mol. The molecule has 0 atom stereocenters. The Labute approximate surface area is 105 Å². The molecule has 2 aromatic heterocycles. The first-order valence-electron chi connectivity index (χ1n) is 5.09. The van der Waals surface area contributed by atoms with Crippen LogP contribution in [0, 0.1) is 0 Å². The maximum absolute atomic E-state index is 11.9. The van der Waals surface area contributed by atoms with Gasteiger partial charge in [-0.15, -0.1) is 0 Å². The summed E-state index contributed by atoms with van der Waals surface area (Å²) in [5.41, 5.74) is 7.46. The van der Waals surface area contributed by atoms with Crippen LogP contribution < -0.4 is 11.1 Å². The number of nitrogen functional groups attached to an aromatic ring is 1. The molecular formula is C11H8N4O2S. The summed E-state index contributed by atoms with van der Waals surface area (Å²) in [7, 11) is 0. The molecule has 0 unspecified atom stereocenters. The Morgan fingerprint density at radius 3 is 3.11 bits per heavy atom. The molecule has 2 heterocycles. The summed E-state index contributed by atoms with van der Waals surface area (Å²) >= 11 is 1.35. The van der Waals surface area contributed by atoms with Crippen LogP contribution in [0.1, 0.15) is 10.4 Å². The van der Waals surface area contributed by atoms with E-state index in [2.05, 4.69) is 20.0 Å². The van der Waals surface area contributed by atoms with Gasteiger partial charge in [-0.05, 0) is 18.2 Å². The predicted octanol–water partition coefficient (Wildman–Crippen LogP) is 2.12. The molecule has 1 amide bonds. The summed E-state index contributed by atoms with van der Waals surface area (Å²) < 4.78 is 5.52. The fourth-order valence-corrected chi connectivity index (χ4v) is 2.33. The van der Waals surface area contributed by atoms with E-state index in [-0.39, 0.29) is 5.91 Å². The summed E-state index contributed by atoms with van der Waals surface area (Å²) in [6, 6.07) is 5.22. The van der Waals surface area contributed by atoms with Crippen molar-refractivity contribution in [2.75, 3.05) is 11.1 Å². The first-order valence-corrected chi connectivity index (χ1v) is 5.91. The minimum atomic E-state index is -0.230. The Morgan fingerprint density at radius 2 is 2.33 bits per heavy atom. The second-order valence-electron chi connectivity index (χ2n) is 3.60. The van der Waals surface area contributed by atoms with Crippen molar-refractivity contribution < 1.29 is 9.32 Å². The molecule has 7 heteroatoms. The minimum Gasteiger partial charge on any atom is -0.375 e. The molecule has 1 aromatic carbocycles. The number of fused-ring (bicyclic) bond motifs is 1. The van der Waals surface area contributed by atoms with Crippen LogP contribution in [0.25, 0.3) is 10.2 Å². The lowest BCUT2D eigenvalue weighted by Gasteiger charge is -2.01. The Kier molecular flexibility index (Phi) is 2.45. The van der Waals surface area contributed by atoms with E-state index in [1.807, 2.05) is 0 Å². The molecule has 3 aromatic rings. The molecule has 18 heavy (non-hydrogen) atoms. The highest BCUT2D eigenvalue weighted by Crippen LogP contribution is 2.24. The number of thiazole rings is 1. The van der Waals surface area contributed by atoms with Crippen LogP contribution in [0.2, 0.25) is 0 Å². The molecule has 0 radical (unpaired) electrons. The van der Waals surface area contributed by atoms with Crippen molar-refractivity contribution in [1.82, 2.24) is 10.1 Å². The summed E-state index contributed by atoms with van der Waals surface area (Å²) in [4.78, 5) is 16.1. The van der Waals surface area contributed by atoms with Crippen LogP contribution in [0.15, 0.2) is 35.2 Å². The first kappa shape index (κ1) is 10.7. The number of amides is 1. The number of nitrogens with zero attached hydrogens (tertiary/aromatic N) is 2. The Hall–Kier alpha value is -2.41. The molecule has 0 saturated carbocycles. The van der Waals surface area contributed by atoms with E-state index in [0.29, 0.717) is 16.4 Å². The van der Waals surface area contributed by atoms with E-state index in [1.165, 1.54) is 23.8 Å². The highest BCUT2D eigenvalue weighted by atomic mass is 32.1. The van der Waals surface area contributed by atoms with E-state index in [0.717, 1.165) is 10.2 Å². The topological polar surface area (TPSA) is 94.0 Å². The van der Waals surface area contributed by atoms with Gasteiger partial charge in [-0.2, -0.15) is 0 Å². The zero-order valence-electron chi connectivity index (χ0n) is 9.08. The SMILES string of the molecule is Nc1nc2ccc(C(=O)Nc3cnoc3)cc2s1. The standard InChI is InChI=1S/C11H8N4O2S/c12-11-15-8-2-1-6(3-9(8)18-11)10(16)14-7-4-13-17-5-7/h1-5H,(H2,12,15)(H,14,16). The zero-order valence-corrected chi connectivity index (χ0v) is 9.90. The van der Waals surface area contributed by atoms with Gasteiger partial charge in [-0.3, -0.25) is 4.79 Å². The highest BCUT2D eigenvalue weighted by molar-refractivity contribution is 7.22. The van der Waals surface area contributed by atoms with Crippen LogP contribution in [0.4, 0.5) is 10.8 Å². The van der Waals surface area contributed by atoms with E-state index in [4.69, 9.17) is 5.73 Å². The minimum absolute atomic E-state index is 0.230. The molecule has 0 aliphatic heterocycles. The molecule has 0 spiro atoms. The lowest BCUT2D eigenvalue weighted by molar-refractivity contribution is 0.102. The Balaban J connectivity index is 1.91. The van der Waals surface area contributed by atoms with Crippen molar-refractivity contribution in [3.63, 3.8) is 0 Å². The second kappa shape index (κ2) is 4.11. The van der Waals surface area contributed by atoms with Crippen LogP contribution in [0.5, 0.6) is 0 Å². The lowest BCUT2D eigenvalue weighted by atomic mass is 10.2. The molecule has 0 bridgehead atoms. The summed E-state index contributed by atoms with van der Waals surface area (Å²) in [5, 5.41) is 6.66. The predicted molar refractivity (Wildman–Crippen MR) is 68.5 cm³/mol. The van der Waals surface area contributed by atoms with Crippen LogP contribution in [0.3, 0.4) is 0 Å². The van der Waals surface area contributed by atoms with Crippen molar-refractivity contribution in [1.29, 1.82) is 0 Å². The number of carbonyl (C=O) groups excluding carboxylic acids is 1. The lowest BCUT2D eigenvalue weighted by Crippen LogP contribution is -2.10. The van der Waals surface area contributed by atoms with E-state index >= 15 is 0 Å². The van der Waals surface area contributed by atoms with Crippen LogP contribution >= 0.6 is 11.3 Å². The second-order valence-corrected chi connectivity index (χ2v) is 4.66. The molecule has 3 N–H and O–H groups in total. The van der Waals surface area contributed by atoms with Gasteiger partial charge in [0.2, 0.25) is 0 Å². The number of hydrogen-bond acceptors (Lipinski definition) is 6. The average molecular weight is 260 g/mol. The number of nitrogens with two attached hydrogens (primary N) is 1. The molecule has 3 rings (SSSR count). The number of anilines is 2. The maximum atomic E-state index is 11.9. The zero-order chi connectivity index (χ0) is 12.5. The van der Waals surface area contributed by atoms with Crippen molar-refractivity contribution in [2.45, 2.75) is 0 Å². The quantitative estimate of drug-likeness (QED) is 0.736. The van der Waals surface area contributed by atoms with Gasteiger partial charge in [0.05, 0.1) is 16.4 Å². The largest absolute Gasteiger partial charge is 0.375 e. The number of rotatable bonds is 2. The van der Waals surface area contributed by atoms with E-state index in [1.54, 1.807) is 18.2 Å². The van der Waals surface area contributed by atoms with Gasteiger partial charge < -0.3 is 15.6 Å². The van der Waals surface area contributed by atoms with Gasteiger partial charge in [-0.25, -0.2) is 4.98 Å². The van der Waals surface area contributed by atoms with Crippen molar-refractivity contribution in [2.24, 2.45) is 0 Å². The van der Waals surface area contributed by atoms with Crippen molar-refractivity contribution in [3.05, 3.63) is 36.2 Å². The van der Waals surface area contributed by atoms with Gasteiger partial charge in [0, 0.05) is 5.56 Å². The third-order valence-corrected chi connectivity index (χ3v) is 3.20. The van der Waals surface area contributed by atoms with Gasteiger partial charge in [0.15, 0.2) is 5.13 Å². The third-order valence-electron chi connectivity index (χ3n) is 2.36. The average Bonchev–Trinajstić information content (AvgIpc) is 2.95. The third kappa shape index (κ3) is 1.91. The van der Waals surface area contributed by atoms with Gasteiger partial charge in [0.1, 0.15) is 12.0 Å². The molecular weight excluding hydrogens is 252 g/mol. The molecule has 0 saturated heterocycles. The van der Waals surface area contributed by atoms with Gasteiger partial charge in [0.25, 0.3) is 5.91 Å². The maximum Gasteiger partial charge on any atom is 0.255 e. The normalized spacial score (nSPS) is 10.7. The van der Waals surface area contributed by atoms with Gasteiger partial charge >= 0.3 is 0 Å². The summed E-state index contributed by atoms with van der Waals surface area (Å²) in [6.45, 7) is 0. The van der Waals surface area contributed by atoms with Gasteiger partial charge in [-0.1, -0.05) is 16.5 Å². The Morgan fingerprint density at radius 1 is 1.44 bits per heavy atom. The number of carbonyl (C=O) groups is 1. The van der Waals surface area contributed by atoms with Crippen LogP contribution in [-0.4, -0.2) is 16.0 Å². The molecule has 0 fully saturated rings. The first-order chi connectivity index (χ1) is 8.72. The van der Waals surface area contributed by atoms with Crippen molar-refractivity contribution in [3.8, 4) is 0 Å². The summed E-state index contributed by atoms with van der Waals surface area (Å²) in [5.74, 6) is -0.230. The highest BCUT2D eigenvalue weighted by Gasteiger charge is 2.09. The van der Waals surface area contributed by atoms with Crippen molar-refractivity contribution >= 4 is 38.3 Å². The van der Waals surface area contributed by atoms with Crippen LogP contribution in [-0.2, 0) is 0 Å². The fraction of sp³-hybridized carbons (Fsp3) is 0. The molecule has 0 aliphatic rings. The summed E-state index contributed by atoms with van der Waals surface area (Å²) in [6.07, 6.45) is 2.79. The fourth-order valence-electron chi connectivity index (χ4n) is 1.55. The number of nitrogens with one attached hydrogen (secondary N) is 1. The van der Waals surface area contributed by atoms with E-state index < -0.39 is 0 Å². The Bertz CT molecular complexity index is 705. The molecule has 6 nitrogen and oxygen atoms in total. The number of aromatic nitrogens is 2. The van der Waals surface area contributed by atoms with E-state index in [9.17, 15) is 4.79 Å². The number of benzene rings is 1.